The van der Waals surface area contributed by atoms with Gasteiger partial charge in [0.2, 0.25) is 0 Å². The molecule has 5 nitrogen and oxygen atoms in total. The number of ether oxygens (including phenoxy) is 1. The fourth-order valence-corrected chi connectivity index (χ4v) is 3.32. The van der Waals surface area contributed by atoms with Crippen molar-refractivity contribution in [1.29, 1.82) is 0 Å². The molecule has 1 saturated heterocycles. The number of hydrogen-bond donors (Lipinski definition) is 1. The number of nitrogens with zero attached hydrogens (tertiary/aromatic N) is 2. The van der Waals surface area contributed by atoms with Crippen LogP contribution in [-0.4, -0.2) is 54.1 Å². The second kappa shape index (κ2) is 7.74. The minimum Gasteiger partial charge on any atom is -0.508 e. The lowest BCUT2D eigenvalue weighted by atomic mass is 10.1. The van der Waals surface area contributed by atoms with Crippen LogP contribution in [0.4, 0.5) is 4.39 Å². The van der Waals surface area contributed by atoms with Crippen molar-refractivity contribution in [3.8, 4) is 11.5 Å². The molecule has 1 aliphatic heterocycles. The van der Waals surface area contributed by atoms with Crippen molar-refractivity contribution in [2.24, 2.45) is 0 Å². The third kappa shape index (κ3) is 3.80. The van der Waals surface area contributed by atoms with Crippen LogP contribution in [-0.2, 0) is 0 Å². The maximum absolute atomic E-state index is 13.5. The molecule has 1 heterocycles. The van der Waals surface area contributed by atoms with Crippen molar-refractivity contribution in [2.75, 3.05) is 33.3 Å². The molecule has 0 spiro atoms. The van der Waals surface area contributed by atoms with Crippen molar-refractivity contribution in [2.45, 2.75) is 13.0 Å². The van der Waals surface area contributed by atoms with Gasteiger partial charge in [0.05, 0.1) is 12.7 Å². The summed E-state index contributed by atoms with van der Waals surface area (Å²) in [6.07, 6.45) is 0. The van der Waals surface area contributed by atoms with Gasteiger partial charge in [0.15, 0.2) is 0 Å². The van der Waals surface area contributed by atoms with E-state index in [1.165, 1.54) is 25.3 Å². The number of halogens is 1. The Bertz CT molecular complexity index is 788. The lowest BCUT2D eigenvalue weighted by Gasteiger charge is -2.38. The fraction of sp³-hybridized carbons (Fsp3) is 0.350. The Kier molecular flexibility index (Phi) is 5.42. The summed E-state index contributed by atoms with van der Waals surface area (Å²) in [5, 5.41) is 9.68. The molecule has 1 unspecified atom stereocenters. The van der Waals surface area contributed by atoms with Crippen LogP contribution >= 0.6 is 0 Å². The van der Waals surface area contributed by atoms with E-state index >= 15 is 0 Å². The van der Waals surface area contributed by atoms with E-state index in [-0.39, 0.29) is 23.5 Å². The molecule has 0 aromatic heterocycles. The second-order valence-corrected chi connectivity index (χ2v) is 6.44. The van der Waals surface area contributed by atoms with Crippen LogP contribution in [0.5, 0.6) is 11.5 Å². The van der Waals surface area contributed by atoms with Gasteiger partial charge in [0.1, 0.15) is 17.3 Å². The molecule has 0 radical (unpaired) electrons. The summed E-state index contributed by atoms with van der Waals surface area (Å²) >= 11 is 0. The van der Waals surface area contributed by atoms with E-state index in [4.69, 9.17) is 4.74 Å². The summed E-state index contributed by atoms with van der Waals surface area (Å²) in [5.41, 5.74) is 1.29. The maximum Gasteiger partial charge on any atom is 0.257 e. The number of carbonyl (C=O) groups excluding carboxylic acids is 1. The number of phenolic OH excluding ortho intramolecular Hbond substituents is 1. The molecule has 1 fully saturated rings. The van der Waals surface area contributed by atoms with Crippen LogP contribution in [0, 0.1) is 5.82 Å². The molecule has 3 rings (SSSR count). The Labute approximate surface area is 152 Å². The topological polar surface area (TPSA) is 53.0 Å². The van der Waals surface area contributed by atoms with Crippen LogP contribution in [0.25, 0.3) is 0 Å². The molecule has 1 aliphatic rings. The predicted octanol–water partition coefficient (Wildman–Crippen LogP) is 3.06. The molecule has 0 saturated carbocycles. The summed E-state index contributed by atoms with van der Waals surface area (Å²) in [5.74, 6) is 0.0887. The lowest BCUT2D eigenvalue weighted by molar-refractivity contribution is 0.0578. The number of piperazine rings is 1. The van der Waals surface area contributed by atoms with Gasteiger partial charge in [-0.25, -0.2) is 4.39 Å². The van der Waals surface area contributed by atoms with Gasteiger partial charge in [0.25, 0.3) is 5.91 Å². The Morgan fingerprint density at radius 1 is 1.15 bits per heavy atom. The highest BCUT2D eigenvalue weighted by Crippen LogP contribution is 2.26. The monoisotopic (exact) mass is 358 g/mol. The molecule has 2 aromatic rings. The first-order valence-corrected chi connectivity index (χ1v) is 8.65. The largest absolute Gasteiger partial charge is 0.508 e. The Morgan fingerprint density at radius 3 is 2.54 bits per heavy atom. The number of methoxy groups -OCH3 is 1. The van der Waals surface area contributed by atoms with Gasteiger partial charge in [-0.15, -0.1) is 0 Å². The lowest BCUT2D eigenvalue weighted by Crippen LogP contribution is -2.49. The first kappa shape index (κ1) is 18.2. The molecule has 0 aliphatic carbocycles. The Morgan fingerprint density at radius 2 is 1.88 bits per heavy atom. The smallest absolute Gasteiger partial charge is 0.257 e. The zero-order chi connectivity index (χ0) is 18.7. The molecular weight excluding hydrogens is 335 g/mol. The summed E-state index contributed by atoms with van der Waals surface area (Å²) in [4.78, 5) is 16.8. The highest BCUT2D eigenvalue weighted by atomic mass is 19.1. The SMILES string of the molecule is COc1ccc(O)cc1C(=O)N1CCN(C(C)c2cccc(F)c2)CC1. The van der Waals surface area contributed by atoms with Crippen molar-refractivity contribution in [1.82, 2.24) is 9.80 Å². The van der Waals surface area contributed by atoms with Crippen LogP contribution in [0.15, 0.2) is 42.5 Å². The number of aromatic hydroxyl groups is 1. The third-order valence-electron chi connectivity index (χ3n) is 4.89. The van der Waals surface area contributed by atoms with Crippen LogP contribution in [0.2, 0.25) is 0 Å². The number of amides is 1. The Hall–Kier alpha value is -2.60. The molecular formula is C20H23FN2O3. The van der Waals surface area contributed by atoms with Crippen molar-refractivity contribution in [3.05, 3.63) is 59.4 Å². The minimum absolute atomic E-state index is 0.0347. The first-order valence-electron chi connectivity index (χ1n) is 8.65. The van der Waals surface area contributed by atoms with E-state index in [0.29, 0.717) is 37.5 Å². The average molecular weight is 358 g/mol. The minimum atomic E-state index is -0.237. The van der Waals surface area contributed by atoms with Gasteiger partial charge in [-0.3, -0.25) is 9.69 Å². The summed E-state index contributed by atoms with van der Waals surface area (Å²) in [6, 6.07) is 11.2. The van der Waals surface area contributed by atoms with Gasteiger partial charge >= 0.3 is 0 Å². The number of carbonyl (C=O) groups is 1. The Balaban J connectivity index is 1.67. The molecule has 138 valence electrons. The maximum atomic E-state index is 13.5. The van der Waals surface area contributed by atoms with Crippen molar-refractivity contribution in [3.63, 3.8) is 0 Å². The number of phenols is 1. The second-order valence-electron chi connectivity index (χ2n) is 6.44. The highest BCUT2D eigenvalue weighted by Gasteiger charge is 2.27. The summed E-state index contributed by atoms with van der Waals surface area (Å²) in [6.45, 7) is 4.58. The number of benzene rings is 2. The van der Waals surface area contributed by atoms with E-state index in [9.17, 15) is 14.3 Å². The third-order valence-corrected chi connectivity index (χ3v) is 4.89. The zero-order valence-corrected chi connectivity index (χ0v) is 15.0. The quantitative estimate of drug-likeness (QED) is 0.913. The van der Waals surface area contributed by atoms with E-state index in [1.807, 2.05) is 13.0 Å². The van der Waals surface area contributed by atoms with Crippen LogP contribution in [0.1, 0.15) is 28.9 Å². The highest BCUT2D eigenvalue weighted by molar-refractivity contribution is 5.97. The van der Waals surface area contributed by atoms with Gasteiger partial charge in [-0.05, 0) is 42.8 Å². The normalized spacial score (nSPS) is 16.3. The van der Waals surface area contributed by atoms with Crippen molar-refractivity contribution >= 4 is 5.91 Å². The number of hydrogen-bond acceptors (Lipinski definition) is 4. The fourth-order valence-electron chi connectivity index (χ4n) is 3.32. The average Bonchev–Trinajstić information content (AvgIpc) is 2.67. The van der Waals surface area contributed by atoms with Gasteiger partial charge < -0.3 is 14.7 Å². The molecule has 1 amide bonds. The molecule has 0 bridgehead atoms. The molecule has 1 N–H and O–H groups in total. The van der Waals surface area contributed by atoms with Gasteiger partial charge in [0, 0.05) is 32.2 Å². The van der Waals surface area contributed by atoms with Crippen LogP contribution < -0.4 is 4.74 Å². The van der Waals surface area contributed by atoms with E-state index in [2.05, 4.69) is 4.90 Å². The number of rotatable bonds is 4. The standard InChI is InChI=1S/C20H23FN2O3/c1-14(15-4-3-5-16(21)12-15)22-8-10-23(11-9-22)20(25)18-13-17(24)6-7-19(18)26-2/h3-7,12-14,24H,8-11H2,1-2H3. The molecule has 1 atom stereocenters. The molecule has 2 aromatic carbocycles. The van der Waals surface area contributed by atoms with Crippen molar-refractivity contribution < 1.29 is 19.0 Å². The van der Waals surface area contributed by atoms with Gasteiger partial charge in [-0.2, -0.15) is 0 Å². The van der Waals surface area contributed by atoms with E-state index < -0.39 is 0 Å². The summed E-state index contributed by atoms with van der Waals surface area (Å²) < 4.78 is 18.7. The predicted molar refractivity (Wildman–Crippen MR) is 97.0 cm³/mol. The zero-order valence-electron chi connectivity index (χ0n) is 15.0. The van der Waals surface area contributed by atoms with Crippen LogP contribution in [0.3, 0.4) is 0 Å². The summed E-state index contributed by atoms with van der Waals surface area (Å²) in [7, 11) is 1.50. The first-order chi connectivity index (χ1) is 12.5. The van der Waals surface area contributed by atoms with E-state index in [1.54, 1.807) is 23.1 Å². The van der Waals surface area contributed by atoms with E-state index in [0.717, 1.165) is 5.56 Å². The van der Waals surface area contributed by atoms with Gasteiger partial charge in [-0.1, -0.05) is 12.1 Å². The molecule has 6 heteroatoms. The molecule has 26 heavy (non-hydrogen) atoms.